The molecule has 1 fully saturated rings. The van der Waals surface area contributed by atoms with Crippen molar-refractivity contribution in [3.05, 3.63) is 76.1 Å². The van der Waals surface area contributed by atoms with Crippen molar-refractivity contribution >= 4 is 23.0 Å². The molecule has 2 heterocycles. The molecule has 1 aliphatic rings. The number of benzene rings is 2. The van der Waals surface area contributed by atoms with E-state index in [0.717, 1.165) is 25.9 Å². The van der Waals surface area contributed by atoms with Crippen LogP contribution in [0.4, 0.5) is 31.8 Å². The zero-order valence-corrected chi connectivity index (χ0v) is 18.9. The summed E-state index contributed by atoms with van der Waals surface area (Å²) in [6.45, 7) is 5.98. The molecule has 0 aliphatic carbocycles. The average molecular weight is 469 g/mol. The van der Waals surface area contributed by atoms with Crippen molar-refractivity contribution in [2.45, 2.75) is 33.3 Å². The van der Waals surface area contributed by atoms with E-state index in [4.69, 9.17) is 4.74 Å². The molecule has 8 nitrogen and oxygen atoms in total. The van der Waals surface area contributed by atoms with E-state index in [9.17, 15) is 14.5 Å². The largest absolute Gasteiger partial charge is 0.483 e. The number of nitrogens with zero attached hydrogens (tertiary/aromatic N) is 4. The maximum Gasteiger partial charge on any atom is 0.298 e. The van der Waals surface area contributed by atoms with Crippen LogP contribution in [-0.2, 0) is 6.61 Å². The number of hydrogen-bond donors (Lipinski definition) is 1. The summed E-state index contributed by atoms with van der Waals surface area (Å²) in [4.78, 5) is 21.3. The minimum Gasteiger partial charge on any atom is -0.483 e. The van der Waals surface area contributed by atoms with Gasteiger partial charge in [0.2, 0.25) is 5.95 Å². The number of halogens is 2. The Hall–Kier alpha value is -3.82. The molecule has 0 spiro atoms. The van der Waals surface area contributed by atoms with Crippen molar-refractivity contribution in [3.8, 4) is 5.75 Å². The minimum absolute atomic E-state index is 0.101. The summed E-state index contributed by atoms with van der Waals surface area (Å²) in [7, 11) is 0. The van der Waals surface area contributed by atoms with Gasteiger partial charge in [0.05, 0.1) is 29.1 Å². The summed E-state index contributed by atoms with van der Waals surface area (Å²) >= 11 is 0. The topological polar surface area (TPSA) is 93.4 Å². The van der Waals surface area contributed by atoms with Gasteiger partial charge in [-0.1, -0.05) is 44.2 Å². The highest BCUT2D eigenvalue weighted by molar-refractivity contribution is 5.72. The Labute approximate surface area is 195 Å². The van der Waals surface area contributed by atoms with Crippen LogP contribution in [0.15, 0.2) is 48.8 Å². The number of aromatic nitrogens is 2. The highest BCUT2D eigenvalue weighted by atomic mass is 19.1. The molecular formula is C24H25F2N5O3. The first kappa shape index (κ1) is 23.3. The quantitative estimate of drug-likeness (QED) is 0.355. The third-order valence-electron chi connectivity index (χ3n) is 5.89. The van der Waals surface area contributed by atoms with E-state index >= 15 is 4.39 Å². The Morgan fingerprint density at radius 1 is 1.15 bits per heavy atom. The van der Waals surface area contributed by atoms with Gasteiger partial charge in [-0.3, -0.25) is 10.1 Å². The number of piperidine rings is 1. The third-order valence-corrected chi connectivity index (χ3v) is 5.89. The van der Waals surface area contributed by atoms with Crippen LogP contribution < -0.4 is 15.0 Å². The fourth-order valence-corrected chi connectivity index (χ4v) is 3.72. The highest BCUT2D eigenvalue weighted by Crippen LogP contribution is 2.38. The zero-order valence-electron chi connectivity index (χ0n) is 18.9. The van der Waals surface area contributed by atoms with Crippen molar-refractivity contribution in [1.82, 2.24) is 9.97 Å². The van der Waals surface area contributed by atoms with Gasteiger partial charge < -0.3 is 15.0 Å². The molecule has 2 aromatic carbocycles. The third kappa shape index (κ3) is 5.22. The van der Waals surface area contributed by atoms with Gasteiger partial charge in [0.1, 0.15) is 6.61 Å². The van der Waals surface area contributed by atoms with Gasteiger partial charge in [-0.2, -0.15) is 0 Å². The summed E-state index contributed by atoms with van der Waals surface area (Å²) in [5, 5.41) is 14.1. The van der Waals surface area contributed by atoms with Gasteiger partial charge in [-0.15, -0.1) is 0 Å². The lowest BCUT2D eigenvalue weighted by atomic mass is 9.83. The molecule has 178 valence electrons. The van der Waals surface area contributed by atoms with Gasteiger partial charge in [0, 0.05) is 13.1 Å². The Kier molecular flexibility index (Phi) is 6.58. The predicted molar refractivity (Wildman–Crippen MR) is 124 cm³/mol. The van der Waals surface area contributed by atoms with Crippen LogP contribution in [0.3, 0.4) is 0 Å². The molecule has 10 heteroatoms. The van der Waals surface area contributed by atoms with E-state index in [-0.39, 0.29) is 17.7 Å². The van der Waals surface area contributed by atoms with Crippen molar-refractivity contribution in [2.24, 2.45) is 5.41 Å². The Morgan fingerprint density at radius 2 is 1.79 bits per heavy atom. The standard InChI is InChI=1S/C24H25F2N5O3/c1-24(2)8-10-30(11-9-24)23-27-13-17(14-28-23)29-21-19(31(32)33)12-18(25)22(20(21)26)34-15-16-6-4-3-5-7-16/h3-7,12-14,29H,8-11,15H2,1-2H3. The van der Waals surface area contributed by atoms with Crippen LogP contribution in [0, 0.1) is 27.2 Å². The first-order valence-electron chi connectivity index (χ1n) is 10.9. The lowest BCUT2D eigenvalue weighted by Crippen LogP contribution is -2.38. The molecule has 1 saturated heterocycles. The maximum absolute atomic E-state index is 15.2. The smallest absolute Gasteiger partial charge is 0.298 e. The Morgan fingerprint density at radius 3 is 2.41 bits per heavy atom. The SMILES string of the molecule is CC1(C)CCN(c2ncc(Nc3c([N+](=O)[O-])cc(F)c(OCc4ccccc4)c3F)cn2)CC1. The summed E-state index contributed by atoms with van der Waals surface area (Å²) in [5.41, 5.74) is -0.0879. The van der Waals surface area contributed by atoms with Crippen LogP contribution in [0.25, 0.3) is 0 Å². The van der Waals surface area contributed by atoms with Crippen molar-refractivity contribution in [1.29, 1.82) is 0 Å². The number of nitrogens with one attached hydrogen (secondary N) is 1. The van der Waals surface area contributed by atoms with E-state index in [2.05, 4.69) is 34.0 Å². The Bertz CT molecular complexity index is 1160. The second-order valence-electron chi connectivity index (χ2n) is 8.98. The molecule has 0 saturated carbocycles. The summed E-state index contributed by atoms with van der Waals surface area (Å²) < 4.78 is 35.0. The van der Waals surface area contributed by atoms with Gasteiger partial charge in [-0.25, -0.2) is 18.7 Å². The molecule has 0 bridgehead atoms. The monoisotopic (exact) mass is 469 g/mol. The summed E-state index contributed by atoms with van der Waals surface area (Å²) in [5.74, 6) is -2.54. The minimum atomic E-state index is -1.20. The maximum atomic E-state index is 15.2. The first-order valence-corrected chi connectivity index (χ1v) is 10.9. The van der Waals surface area contributed by atoms with E-state index in [1.807, 2.05) is 0 Å². The molecule has 0 radical (unpaired) electrons. The van der Waals surface area contributed by atoms with Crippen LogP contribution in [0.1, 0.15) is 32.3 Å². The molecule has 0 unspecified atom stereocenters. The molecule has 4 rings (SSSR count). The van der Waals surface area contributed by atoms with Gasteiger partial charge in [-0.05, 0) is 23.8 Å². The first-order chi connectivity index (χ1) is 16.2. The molecule has 1 N–H and O–H groups in total. The number of nitro benzene ring substituents is 1. The lowest BCUT2D eigenvalue weighted by Gasteiger charge is -2.36. The number of anilines is 3. The van der Waals surface area contributed by atoms with Crippen molar-refractivity contribution in [3.63, 3.8) is 0 Å². The molecule has 0 atom stereocenters. The van der Waals surface area contributed by atoms with E-state index in [1.54, 1.807) is 30.3 Å². The highest BCUT2D eigenvalue weighted by Gasteiger charge is 2.28. The normalized spacial score (nSPS) is 15.1. The Balaban J connectivity index is 1.56. The second kappa shape index (κ2) is 9.58. The molecule has 3 aromatic rings. The van der Waals surface area contributed by atoms with Crippen molar-refractivity contribution < 1.29 is 18.4 Å². The van der Waals surface area contributed by atoms with Crippen LogP contribution in [0.5, 0.6) is 5.75 Å². The average Bonchev–Trinajstić information content (AvgIpc) is 2.81. The van der Waals surface area contributed by atoms with Crippen LogP contribution in [0.2, 0.25) is 0 Å². The fraction of sp³-hybridized carbons (Fsp3) is 0.333. The van der Waals surface area contributed by atoms with E-state index < -0.39 is 33.7 Å². The predicted octanol–water partition coefficient (Wildman–Crippen LogP) is 5.61. The van der Waals surface area contributed by atoms with Gasteiger partial charge >= 0.3 is 0 Å². The molecule has 1 aliphatic heterocycles. The number of nitro groups is 1. The van der Waals surface area contributed by atoms with Gasteiger partial charge in [0.25, 0.3) is 5.69 Å². The molecule has 34 heavy (non-hydrogen) atoms. The lowest BCUT2D eigenvalue weighted by molar-refractivity contribution is -0.384. The summed E-state index contributed by atoms with van der Waals surface area (Å²) in [6.07, 6.45) is 4.85. The number of ether oxygens (including phenoxy) is 1. The van der Waals surface area contributed by atoms with E-state index in [1.165, 1.54) is 12.4 Å². The second-order valence-corrected chi connectivity index (χ2v) is 8.98. The van der Waals surface area contributed by atoms with Crippen LogP contribution in [-0.4, -0.2) is 28.0 Å². The zero-order chi connectivity index (χ0) is 24.3. The van der Waals surface area contributed by atoms with Gasteiger partial charge in [0.15, 0.2) is 23.1 Å². The number of hydrogen-bond acceptors (Lipinski definition) is 7. The van der Waals surface area contributed by atoms with Crippen molar-refractivity contribution in [2.75, 3.05) is 23.3 Å². The van der Waals surface area contributed by atoms with E-state index in [0.29, 0.717) is 17.6 Å². The molecular weight excluding hydrogens is 444 g/mol. The fourth-order valence-electron chi connectivity index (χ4n) is 3.72. The molecule has 0 amide bonds. The molecule has 1 aromatic heterocycles. The summed E-state index contributed by atoms with van der Waals surface area (Å²) in [6, 6.07) is 9.45. The number of rotatable bonds is 7. The van der Waals surface area contributed by atoms with Crippen LogP contribution >= 0.6 is 0 Å².